The van der Waals surface area contributed by atoms with Crippen LogP contribution in [0.15, 0.2) is 24.3 Å². The first-order chi connectivity index (χ1) is 27.9. The van der Waals surface area contributed by atoms with Gasteiger partial charge >= 0.3 is 5.97 Å². The number of hydrogen-bond acceptors (Lipinski definition) is 14. The van der Waals surface area contributed by atoms with E-state index in [9.17, 15) is 24.9 Å². The Morgan fingerprint density at radius 3 is 2.07 bits per heavy atom. The SMILES string of the molecule is CO[C@H]1[C@H](O[C@@H]2[C@@H](C)[C@H](O[C@@H]3C[C@@H](C)[C@H](O)[C@](C)(OC)O3)[C@@H](C)C(=O)O[C@@H]3C(C)[C@]3(O)[C@H](O)[C@@H](C)C(=O)[C@H](C)CC2(C)C)O[C@H](C)C[C@@H]1N(C)Cc1ccc(N(C)C)cc1. The van der Waals surface area contributed by atoms with Crippen molar-refractivity contribution in [3.05, 3.63) is 29.8 Å². The number of fused-ring (bicyclic) bond motifs is 1. The molecular weight excluding hydrogens is 773 g/mol. The van der Waals surface area contributed by atoms with Gasteiger partial charge in [0, 0.05) is 76.7 Å². The Kier molecular flexibility index (Phi) is 15.3. The van der Waals surface area contributed by atoms with E-state index in [1.807, 2.05) is 55.6 Å². The van der Waals surface area contributed by atoms with Crippen LogP contribution in [0.2, 0.25) is 0 Å². The number of carbonyl (C=O) groups excluding carboxylic acids is 2. The second-order valence-electron chi connectivity index (χ2n) is 19.8. The molecule has 3 aliphatic heterocycles. The molecule has 3 saturated heterocycles. The highest BCUT2D eigenvalue weighted by Gasteiger charge is 2.70. The molecule has 1 unspecified atom stereocenters. The smallest absolute Gasteiger partial charge is 0.311 e. The average molecular weight is 849 g/mol. The Balaban J connectivity index is 1.54. The summed E-state index contributed by atoms with van der Waals surface area (Å²) in [6.45, 7) is 19.2. The highest BCUT2D eigenvalue weighted by atomic mass is 16.8. The third kappa shape index (κ3) is 9.78. The van der Waals surface area contributed by atoms with Crippen molar-refractivity contribution in [3.8, 4) is 0 Å². The number of Topliss-reactive ketones (excluding diaryl/α,β-unsaturated/α-hetero) is 1. The molecule has 14 nitrogen and oxygen atoms in total. The van der Waals surface area contributed by atoms with Gasteiger partial charge in [-0.1, -0.05) is 60.6 Å². The molecule has 14 heteroatoms. The molecule has 1 aliphatic carbocycles. The minimum Gasteiger partial charge on any atom is -0.458 e. The largest absolute Gasteiger partial charge is 0.458 e. The van der Waals surface area contributed by atoms with E-state index in [0.717, 1.165) is 11.3 Å². The zero-order valence-electron chi connectivity index (χ0n) is 38.8. The number of carbonyl (C=O) groups is 2. The molecule has 5 rings (SSSR count). The molecule has 0 bridgehead atoms. The fourth-order valence-corrected chi connectivity index (χ4v) is 10.5. The fraction of sp³-hybridized carbons (Fsp3) is 0.826. The van der Waals surface area contributed by atoms with E-state index in [2.05, 4.69) is 41.1 Å². The summed E-state index contributed by atoms with van der Waals surface area (Å²) in [5.74, 6) is -6.04. The van der Waals surface area contributed by atoms with E-state index in [1.54, 1.807) is 34.8 Å². The van der Waals surface area contributed by atoms with E-state index < -0.39 is 102 Å². The van der Waals surface area contributed by atoms with Gasteiger partial charge < -0.3 is 53.4 Å². The van der Waals surface area contributed by atoms with E-state index in [1.165, 1.54) is 7.11 Å². The first-order valence-corrected chi connectivity index (χ1v) is 21.9. The average Bonchev–Trinajstić information content (AvgIpc) is 3.72. The summed E-state index contributed by atoms with van der Waals surface area (Å²) in [5.41, 5.74) is -0.269. The lowest BCUT2D eigenvalue weighted by atomic mass is 9.69. The van der Waals surface area contributed by atoms with Crippen LogP contribution < -0.4 is 4.90 Å². The number of rotatable bonds is 10. The first kappa shape index (κ1) is 48.8. The summed E-state index contributed by atoms with van der Waals surface area (Å²) < 4.78 is 45.0. The van der Waals surface area contributed by atoms with Crippen molar-refractivity contribution in [2.24, 2.45) is 40.9 Å². The van der Waals surface area contributed by atoms with Gasteiger partial charge in [-0.15, -0.1) is 0 Å². The van der Waals surface area contributed by atoms with Crippen LogP contribution in [0.3, 0.4) is 0 Å². The van der Waals surface area contributed by atoms with Crippen molar-refractivity contribution in [1.29, 1.82) is 0 Å². The molecule has 0 aromatic heterocycles. The topological polar surface area (TPSA) is 166 Å². The molecule has 3 heterocycles. The predicted molar refractivity (Wildman–Crippen MR) is 226 cm³/mol. The molecule has 1 saturated carbocycles. The second kappa shape index (κ2) is 18.8. The van der Waals surface area contributed by atoms with E-state index in [-0.39, 0.29) is 23.8 Å². The zero-order chi connectivity index (χ0) is 44.8. The van der Waals surface area contributed by atoms with Crippen molar-refractivity contribution >= 4 is 17.4 Å². The Morgan fingerprint density at radius 2 is 1.48 bits per heavy atom. The van der Waals surface area contributed by atoms with Gasteiger partial charge in [0.25, 0.3) is 0 Å². The van der Waals surface area contributed by atoms with Gasteiger partial charge in [0.2, 0.25) is 0 Å². The fourth-order valence-electron chi connectivity index (χ4n) is 10.5. The van der Waals surface area contributed by atoms with Gasteiger partial charge in [0.05, 0.1) is 30.3 Å². The normalized spacial score (nSPS) is 44.1. The van der Waals surface area contributed by atoms with Crippen molar-refractivity contribution in [1.82, 2.24) is 4.90 Å². The summed E-state index contributed by atoms with van der Waals surface area (Å²) in [5, 5.41) is 34.1. The second-order valence-corrected chi connectivity index (χ2v) is 19.8. The lowest BCUT2D eigenvalue weighted by molar-refractivity contribution is -0.371. The van der Waals surface area contributed by atoms with E-state index >= 15 is 0 Å². The van der Waals surface area contributed by atoms with Gasteiger partial charge in [0.15, 0.2) is 18.4 Å². The number of methoxy groups -OCH3 is 2. The van der Waals surface area contributed by atoms with Gasteiger partial charge in [-0.2, -0.15) is 0 Å². The van der Waals surface area contributed by atoms with E-state index in [4.69, 9.17) is 33.2 Å². The molecule has 60 heavy (non-hydrogen) atoms. The van der Waals surface area contributed by atoms with Crippen LogP contribution in [0.5, 0.6) is 0 Å². The number of aliphatic hydroxyl groups excluding tert-OH is 2. The Hall–Kier alpha value is -2.24. The van der Waals surface area contributed by atoms with Crippen LogP contribution in [-0.4, -0.2) is 140 Å². The van der Waals surface area contributed by atoms with Crippen molar-refractivity contribution < 1.29 is 58.1 Å². The monoisotopic (exact) mass is 849 g/mol. The number of aliphatic hydroxyl groups is 3. The Bertz CT molecular complexity index is 1610. The molecule has 0 amide bonds. The van der Waals surface area contributed by atoms with Crippen LogP contribution >= 0.6 is 0 Å². The molecule has 3 N–H and O–H groups in total. The van der Waals surface area contributed by atoms with Crippen LogP contribution in [0.1, 0.15) is 94.1 Å². The van der Waals surface area contributed by atoms with E-state index in [0.29, 0.717) is 25.8 Å². The maximum Gasteiger partial charge on any atom is 0.311 e. The minimum absolute atomic E-state index is 0.0902. The molecule has 342 valence electrons. The third-order valence-electron chi connectivity index (χ3n) is 14.4. The number of ether oxygens (including phenoxy) is 7. The standard InChI is InChI=1S/C46H76N2O12/c1-24-20-34(60-45(10,55-15)38(24)50)57-36-28(5)40(44(8,9)22-25(2)35(49)27(4)39(51)46(53)30(7)41(46)58-42(52)29(36)6)59-43-37(54-14)33(21-26(3)56-43)48(13)23-31-16-18-32(19-17-31)47(11)12/h16-19,24-30,33-34,36-41,43,50-51,53H,20-23H2,1-15H3/t24-,25-,26-,27+,28+,29-,30?,33+,34+,36+,37-,38+,39-,40-,41-,43+,45-,46+/m1/s1. The van der Waals surface area contributed by atoms with Crippen LogP contribution in [0, 0.1) is 40.9 Å². The van der Waals surface area contributed by atoms with Crippen molar-refractivity contribution in [2.45, 2.75) is 168 Å². The summed E-state index contributed by atoms with van der Waals surface area (Å²) in [4.78, 5) is 32.7. The number of benzene rings is 1. The zero-order valence-corrected chi connectivity index (χ0v) is 38.8. The van der Waals surface area contributed by atoms with Gasteiger partial charge in [-0.05, 0) is 69.7 Å². The van der Waals surface area contributed by atoms with Crippen molar-refractivity contribution in [3.63, 3.8) is 0 Å². The minimum atomic E-state index is -1.78. The van der Waals surface area contributed by atoms with Gasteiger partial charge in [0.1, 0.15) is 29.7 Å². The number of nitrogens with zero attached hydrogens (tertiary/aromatic N) is 2. The number of esters is 1. The summed E-state index contributed by atoms with van der Waals surface area (Å²) in [6.07, 6.45) is -6.09. The quantitative estimate of drug-likeness (QED) is 0.276. The predicted octanol–water partition coefficient (Wildman–Crippen LogP) is 4.78. The van der Waals surface area contributed by atoms with Crippen molar-refractivity contribution in [2.75, 3.05) is 40.3 Å². The molecular formula is C46H76N2O12. The molecule has 1 aromatic carbocycles. The lowest BCUT2D eigenvalue weighted by Gasteiger charge is -2.50. The number of likely N-dealkylation sites (N-methyl/N-ethyl adjacent to an activating group) is 1. The molecule has 4 aliphatic rings. The Labute approximate surface area is 358 Å². The number of ketones is 1. The maximum absolute atomic E-state index is 14.3. The highest BCUT2D eigenvalue weighted by Crippen LogP contribution is 2.52. The number of anilines is 1. The summed E-state index contributed by atoms with van der Waals surface area (Å²) in [6, 6.07) is 8.39. The van der Waals surface area contributed by atoms with Gasteiger partial charge in [-0.3, -0.25) is 14.5 Å². The van der Waals surface area contributed by atoms with Crippen LogP contribution in [0.4, 0.5) is 5.69 Å². The van der Waals surface area contributed by atoms with Crippen LogP contribution in [-0.2, 0) is 49.3 Å². The highest BCUT2D eigenvalue weighted by molar-refractivity contribution is 5.83. The maximum atomic E-state index is 14.3. The molecule has 0 spiro atoms. The first-order valence-electron chi connectivity index (χ1n) is 21.9. The summed E-state index contributed by atoms with van der Waals surface area (Å²) >= 11 is 0. The Morgan fingerprint density at radius 1 is 0.850 bits per heavy atom. The third-order valence-corrected chi connectivity index (χ3v) is 14.4. The van der Waals surface area contributed by atoms with Crippen LogP contribution in [0.25, 0.3) is 0 Å². The van der Waals surface area contributed by atoms with Gasteiger partial charge in [-0.25, -0.2) is 0 Å². The molecule has 4 fully saturated rings. The molecule has 1 aromatic rings. The molecule has 0 radical (unpaired) electrons. The summed E-state index contributed by atoms with van der Waals surface area (Å²) in [7, 11) is 9.25. The lowest BCUT2D eigenvalue weighted by Crippen LogP contribution is -2.59. The molecule has 18 atom stereocenters. The number of hydrogen-bond donors (Lipinski definition) is 3.